The quantitative estimate of drug-likeness (QED) is 0.179. The summed E-state index contributed by atoms with van der Waals surface area (Å²) in [7, 11) is 0. The summed E-state index contributed by atoms with van der Waals surface area (Å²) in [6.07, 6.45) is 1.18. The number of nitrogens with zero attached hydrogens (tertiary/aromatic N) is 4. The second-order valence-corrected chi connectivity index (χ2v) is 11.9. The smallest absolute Gasteiger partial charge is 0.330 e. The molecule has 6 rings (SSSR count). The van der Waals surface area contributed by atoms with E-state index in [1.807, 2.05) is 36.4 Å². The minimum atomic E-state index is -0.856. The van der Waals surface area contributed by atoms with E-state index < -0.39 is 29.7 Å². The molecule has 1 saturated heterocycles. The van der Waals surface area contributed by atoms with E-state index in [9.17, 15) is 19.5 Å². The normalized spacial score (nSPS) is 18.0. The molecular formula is C35H38N6O5. The van der Waals surface area contributed by atoms with Crippen LogP contribution in [-0.2, 0) is 22.6 Å². The topological polar surface area (TPSA) is 142 Å². The number of amides is 1. The monoisotopic (exact) mass is 622 g/mol. The number of hydrogen-bond acceptors (Lipinski definition) is 8. The minimum Gasteiger partial charge on any atom is -0.390 e. The van der Waals surface area contributed by atoms with Crippen molar-refractivity contribution in [2.45, 2.75) is 64.1 Å². The van der Waals surface area contributed by atoms with E-state index in [-0.39, 0.29) is 18.9 Å². The molecule has 1 aliphatic rings. The van der Waals surface area contributed by atoms with Crippen LogP contribution in [0.4, 0.5) is 0 Å². The molecule has 0 bridgehead atoms. The number of carbonyl (C=O) groups is 1. The number of aliphatic hydroxyl groups excluding tert-OH is 1. The van der Waals surface area contributed by atoms with Crippen LogP contribution < -0.4 is 16.6 Å². The predicted molar refractivity (Wildman–Crippen MR) is 175 cm³/mol. The van der Waals surface area contributed by atoms with Gasteiger partial charge < -0.3 is 15.2 Å². The first-order chi connectivity index (χ1) is 22.3. The van der Waals surface area contributed by atoms with Crippen molar-refractivity contribution in [3.05, 3.63) is 117 Å². The first-order valence-corrected chi connectivity index (χ1v) is 15.7. The highest BCUT2D eigenvalue weighted by molar-refractivity contribution is 5.79. The summed E-state index contributed by atoms with van der Waals surface area (Å²) in [4.78, 5) is 50.9. The van der Waals surface area contributed by atoms with E-state index in [2.05, 4.69) is 51.6 Å². The van der Waals surface area contributed by atoms with Crippen molar-refractivity contribution in [3.8, 4) is 0 Å². The number of H-pyrrole nitrogens is 1. The number of benzene rings is 2. The fourth-order valence-corrected chi connectivity index (χ4v) is 5.86. The minimum absolute atomic E-state index is 0.126. The second kappa shape index (κ2) is 14.2. The zero-order chi connectivity index (χ0) is 32.0. The number of pyridine rings is 2. The number of aromatic nitrogens is 4. The maximum atomic E-state index is 12.7. The van der Waals surface area contributed by atoms with Crippen LogP contribution >= 0.6 is 0 Å². The Labute approximate surface area is 265 Å². The van der Waals surface area contributed by atoms with Gasteiger partial charge in [-0.25, -0.2) is 4.79 Å². The Morgan fingerprint density at radius 2 is 1.59 bits per heavy atom. The van der Waals surface area contributed by atoms with Gasteiger partial charge in [-0.3, -0.25) is 34.0 Å². The molecule has 1 fully saturated rings. The molecular weight excluding hydrogens is 584 g/mol. The van der Waals surface area contributed by atoms with Crippen LogP contribution in [-0.4, -0.2) is 60.7 Å². The Bertz CT molecular complexity index is 1870. The lowest BCUT2D eigenvalue weighted by Crippen LogP contribution is -2.37. The first kappa shape index (κ1) is 31.3. The Hall–Kier alpha value is -4.71. The lowest BCUT2D eigenvalue weighted by Gasteiger charge is -2.22. The average molecular weight is 623 g/mol. The van der Waals surface area contributed by atoms with Gasteiger partial charge in [0, 0.05) is 55.0 Å². The molecule has 0 aliphatic carbocycles. The van der Waals surface area contributed by atoms with Gasteiger partial charge in [0.2, 0.25) is 5.91 Å². The molecule has 3 atom stereocenters. The summed E-state index contributed by atoms with van der Waals surface area (Å²) in [6.45, 7) is 3.79. The molecule has 11 nitrogen and oxygen atoms in total. The number of carbonyl (C=O) groups excluding carboxylic acids is 1. The highest BCUT2D eigenvalue weighted by Gasteiger charge is 2.35. The third-order valence-electron chi connectivity index (χ3n) is 8.37. The Morgan fingerprint density at radius 3 is 2.24 bits per heavy atom. The zero-order valence-electron chi connectivity index (χ0n) is 25.8. The maximum absolute atomic E-state index is 12.7. The van der Waals surface area contributed by atoms with E-state index in [1.165, 1.54) is 10.8 Å². The van der Waals surface area contributed by atoms with Gasteiger partial charge in [-0.1, -0.05) is 48.5 Å². The Morgan fingerprint density at radius 1 is 0.957 bits per heavy atom. The highest BCUT2D eigenvalue weighted by Crippen LogP contribution is 2.27. The maximum Gasteiger partial charge on any atom is 0.330 e. The fraction of sp³-hybridized carbons (Fsp3) is 0.343. The molecule has 0 radical (unpaired) electrons. The summed E-state index contributed by atoms with van der Waals surface area (Å²) in [5.41, 5.74) is 3.19. The fourth-order valence-electron chi connectivity index (χ4n) is 5.86. The van der Waals surface area contributed by atoms with Crippen LogP contribution in [0, 0.1) is 6.92 Å². The molecule has 1 aliphatic heterocycles. The van der Waals surface area contributed by atoms with Gasteiger partial charge in [-0.15, -0.1) is 0 Å². The molecule has 0 spiro atoms. The second-order valence-electron chi connectivity index (χ2n) is 11.9. The van der Waals surface area contributed by atoms with Crippen LogP contribution in [0.3, 0.4) is 0 Å². The number of fused-ring (bicyclic) bond motifs is 2. The van der Waals surface area contributed by atoms with Gasteiger partial charge in [0.25, 0.3) is 5.56 Å². The number of hydrogen-bond donors (Lipinski definition) is 3. The van der Waals surface area contributed by atoms with Crippen molar-refractivity contribution in [2.24, 2.45) is 0 Å². The van der Waals surface area contributed by atoms with Crippen molar-refractivity contribution in [1.82, 2.24) is 29.7 Å². The summed E-state index contributed by atoms with van der Waals surface area (Å²) in [5, 5.41) is 15.6. The van der Waals surface area contributed by atoms with E-state index in [1.54, 1.807) is 6.92 Å². The number of para-hydroxylation sites is 2. The number of aromatic amines is 1. The lowest BCUT2D eigenvalue weighted by atomic mass is 10.1. The highest BCUT2D eigenvalue weighted by atomic mass is 16.5. The summed E-state index contributed by atoms with van der Waals surface area (Å²) in [5.74, 6) is -0.129. The van der Waals surface area contributed by atoms with E-state index in [0.29, 0.717) is 31.5 Å². The Balaban J connectivity index is 1.02. The molecule has 0 unspecified atom stereocenters. The number of rotatable bonds is 12. The van der Waals surface area contributed by atoms with E-state index >= 15 is 0 Å². The van der Waals surface area contributed by atoms with Crippen LogP contribution in [0.2, 0.25) is 0 Å². The van der Waals surface area contributed by atoms with Crippen molar-refractivity contribution in [3.63, 3.8) is 0 Å². The standard InChI is InChI=1S/C35H38N6O5/c1-23-20-41(35(45)39-34(23)44)33-18-30(42)31(46-33)19-36-32(43)12-6-7-17-40(21-26-15-13-24-8-2-4-10-28(24)37-26)22-27-16-14-25-9-3-5-11-29(25)38-27/h2-5,8-11,13-16,20,30-31,33,42H,6-7,12,17-19,21-22H2,1H3,(H,36,43)(H,39,44,45)/t30-,31+,33+/m0/s1. The van der Waals surface area contributed by atoms with Crippen LogP contribution in [0.15, 0.2) is 88.6 Å². The molecule has 2 aromatic carbocycles. The van der Waals surface area contributed by atoms with Crippen molar-refractivity contribution in [1.29, 1.82) is 0 Å². The molecule has 4 heterocycles. The summed E-state index contributed by atoms with van der Waals surface area (Å²) in [6, 6.07) is 24.5. The van der Waals surface area contributed by atoms with Crippen LogP contribution in [0.5, 0.6) is 0 Å². The average Bonchev–Trinajstić information content (AvgIpc) is 3.43. The van der Waals surface area contributed by atoms with Gasteiger partial charge in [0.1, 0.15) is 12.3 Å². The number of aliphatic hydroxyl groups is 1. The van der Waals surface area contributed by atoms with Gasteiger partial charge in [0.15, 0.2) is 0 Å². The van der Waals surface area contributed by atoms with Gasteiger partial charge in [-0.2, -0.15) is 0 Å². The molecule has 238 valence electrons. The van der Waals surface area contributed by atoms with Gasteiger partial charge in [-0.05, 0) is 50.6 Å². The molecule has 5 aromatic rings. The number of nitrogens with one attached hydrogen (secondary N) is 2. The molecule has 1 amide bonds. The van der Waals surface area contributed by atoms with Crippen molar-refractivity contribution < 1.29 is 14.6 Å². The largest absolute Gasteiger partial charge is 0.390 e. The summed E-state index contributed by atoms with van der Waals surface area (Å²) >= 11 is 0. The molecule has 0 saturated carbocycles. The van der Waals surface area contributed by atoms with E-state index in [4.69, 9.17) is 14.7 Å². The van der Waals surface area contributed by atoms with Gasteiger partial charge >= 0.3 is 5.69 Å². The number of aryl methyl sites for hydroxylation is 1. The SMILES string of the molecule is Cc1cn([C@H]2C[C@H](O)[C@@H](CNC(=O)CCCCN(Cc3ccc4ccccc4n3)Cc3ccc4ccccc4n3)O2)c(=O)[nH]c1=O. The van der Waals surface area contributed by atoms with Gasteiger partial charge in [0.05, 0.1) is 28.5 Å². The van der Waals surface area contributed by atoms with Crippen LogP contribution in [0.1, 0.15) is 48.9 Å². The zero-order valence-corrected chi connectivity index (χ0v) is 25.8. The molecule has 11 heteroatoms. The third kappa shape index (κ3) is 7.56. The van der Waals surface area contributed by atoms with Crippen molar-refractivity contribution >= 4 is 27.7 Å². The van der Waals surface area contributed by atoms with Crippen LogP contribution in [0.25, 0.3) is 21.8 Å². The summed E-state index contributed by atoms with van der Waals surface area (Å²) < 4.78 is 7.14. The first-order valence-electron chi connectivity index (χ1n) is 15.7. The molecule has 3 N–H and O–H groups in total. The molecule has 3 aromatic heterocycles. The Kier molecular flexibility index (Phi) is 9.62. The molecule has 46 heavy (non-hydrogen) atoms. The predicted octanol–water partition coefficient (Wildman–Crippen LogP) is 3.58. The lowest BCUT2D eigenvalue weighted by molar-refractivity contribution is -0.122. The number of unbranched alkanes of at least 4 members (excludes halogenated alkanes) is 1. The van der Waals surface area contributed by atoms with Crippen molar-refractivity contribution in [2.75, 3.05) is 13.1 Å². The number of ether oxygens (including phenoxy) is 1. The third-order valence-corrected chi connectivity index (χ3v) is 8.37. The van der Waals surface area contributed by atoms with E-state index in [0.717, 1.165) is 46.2 Å².